The van der Waals surface area contributed by atoms with Crippen LogP contribution in [0.3, 0.4) is 0 Å². The van der Waals surface area contributed by atoms with Crippen molar-refractivity contribution in [3.05, 3.63) is 58.6 Å². The summed E-state index contributed by atoms with van der Waals surface area (Å²) < 4.78 is 15.4. The van der Waals surface area contributed by atoms with Crippen LogP contribution < -0.4 is 5.32 Å². The van der Waals surface area contributed by atoms with Crippen LogP contribution in [-0.4, -0.2) is 22.1 Å². The van der Waals surface area contributed by atoms with Gasteiger partial charge in [0.1, 0.15) is 5.82 Å². The van der Waals surface area contributed by atoms with Crippen molar-refractivity contribution in [2.24, 2.45) is 7.05 Å². The number of aryl methyl sites for hydroxylation is 1. The molecule has 2 aromatic rings. The van der Waals surface area contributed by atoms with Crippen LogP contribution >= 0.6 is 11.6 Å². The van der Waals surface area contributed by atoms with Gasteiger partial charge < -0.3 is 15.0 Å². The van der Waals surface area contributed by atoms with Crippen LogP contribution in [0, 0.1) is 5.82 Å². The minimum absolute atomic E-state index is 0.0653. The van der Waals surface area contributed by atoms with Gasteiger partial charge in [0.05, 0.1) is 16.7 Å². The Kier molecular flexibility index (Phi) is 4.98. The number of amides is 1. The van der Waals surface area contributed by atoms with E-state index in [0.717, 1.165) is 5.69 Å². The molecule has 0 fully saturated rings. The van der Waals surface area contributed by atoms with Crippen LogP contribution in [0.5, 0.6) is 0 Å². The molecule has 0 radical (unpaired) electrons. The fourth-order valence-corrected chi connectivity index (χ4v) is 2.34. The Balaban J connectivity index is 1.92. The van der Waals surface area contributed by atoms with E-state index in [1.807, 2.05) is 19.3 Å². The Morgan fingerprint density at radius 3 is 2.81 bits per heavy atom. The lowest BCUT2D eigenvalue weighted by Gasteiger charge is -2.13. The molecule has 0 spiro atoms. The van der Waals surface area contributed by atoms with E-state index >= 15 is 0 Å². The van der Waals surface area contributed by atoms with Gasteiger partial charge in [-0.3, -0.25) is 4.79 Å². The molecule has 1 heterocycles. The van der Waals surface area contributed by atoms with Crippen molar-refractivity contribution in [3.63, 3.8) is 0 Å². The number of hydrogen-bond acceptors (Lipinski definition) is 2. The molecule has 6 heteroatoms. The zero-order valence-corrected chi connectivity index (χ0v) is 12.3. The Bertz CT molecular complexity index is 622. The Morgan fingerprint density at radius 1 is 1.43 bits per heavy atom. The van der Waals surface area contributed by atoms with Crippen LogP contribution in [0.2, 0.25) is 5.02 Å². The highest BCUT2D eigenvalue weighted by Crippen LogP contribution is 2.19. The lowest BCUT2D eigenvalue weighted by atomic mass is 10.1. The fourth-order valence-electron chi connectivity index (χ4n) is 2.09. The number of aromatic nitrogens is 1. The number of carbonyl (C=O) groups excluding carboxylic acids is 1. The first-order chi connectivity index (χ1) is 10.0. The van der Waals surface area contributed by atoms with Crippen molar-refractivity contribution < 1.29 is 14.3 Å². The maximum Gasteiger partial charge on any atom is 0.255 e. The summed E-state index contributed by atoms with van der Waals surface area (Å²) in [6.45, 7) is 0.218. The number of halogens is 2. The first kappa shape index (κ1) is 15.5. The van der Waals surface area contributed by atoms with Crippen molar-refractivity contribution in [1.29, 1.82) is 0 Å². The van der Waals surface area contributed by atoms with Crippen LogP contribution in [0.25, 0.3) is 0 Å². The van der Waals surface area contributed by atoms with Crippen LogP contribution in [0.15, 0.2) is 36.5 Å². The molecule has 1 atom stereocenters. The monoisotopic (exact) mass is 310 g/mol. The average molecular weight is 311 g/mol. The van der Waals surface area contributed by atoms with Gasteiger partial charge in [-0.05, 0) is 30.7 Å². The summed E-state index contributed by atoms with van der Waals surface area (Å²) in [4.78, 5) is 11.9. The molecular weight excluding hydrogens is 295 g/mol. The number of nitrogens with zero attached hydrogens (tertiary/aromatic N) is 1. The van der Waals surface area contributed by atoms with E-state index in [1.54, 1.807) is 10.6 Å². The highest BCUT2D eigenvalue weighted by atomic mass is 35.5. The van der Waals surface area contributed by atoms with Crippen LogP contribution in [0.1, 0.15) is 28.6 Å². The third-order valence-electron chi connectivity index (χ3n) is 3.22. The first-order valence-corrected chi connectivity index (χ1v) is 6.90. The molecule has 1 aromatic carbocycles. The van der Waals surface area contributed by atoms with Crippen molar-refractivity contribution in [1.82, 2.24) is 9.88 Å². The second kappa shape index (κ2) is 6.74. The predicted octanol–water partition coefficient (Wildman–Crippen LogP) is 2.67. The summed E-state index contributed by atoms with van der Waals surface area (Å²) in [6.07, 6.45) is 1.47. The minimum atomic E-state index is -0.693. The molecule has 21 heavy (non-hydrogen) atoms. The predicted molar refractivity (Wildman–Crippen MR) is 78.7 cm³/mol. The highest BCUT2D eigenvalue weighted by Gasteiger charge is 2.16. The van der Waals surface area contributed by atoms with Crippen molar-refractivity contribution in [2.75, 3.05) is 6.54 Å². The number of aliphatic hydroxyl groups is 1. The largest absolute Gasteiger partial charge is 0.387 e. The summed E-state index contributed by atoms with van der Waals surface area (Å²) in [5.41, 5.74) is 0.584. The second-order valence-corrected chi connectivity index (χ2v) is 5.11. The van der Waals surface area contributed by atoms with Crippen LogP contribution in [-0.2, 0) is 7.05 Å². The number of aliphatic hydroxyl groups excluding tert-OH is 1. The summed E-state index contributed by atoms with van der Waals surface area (Å²) in [5.74, 6) is -1.25. The molecule has 0 bridgehead atoms. The van der Waals surface area contributed by atoms with Crippen LogP contribution in [0.4, 0.5) is 4.39 Å². The fraction of sp³-hybridized carbons (Fsp3) is 0.267. The maximum atomic E-state index is 13.6. The normalized spacial score (nSPS) is 12.2. The van der Waals surface area contributed by atoms with Gasteiger partial charge in [0.25, 0.3) is 5.91 Å². The summed E-state index contributed by atoms with van der Waals surface area (Å²) >= 11 is 5.81. The molecule has 2 N–H and O–H groups in total. The van der Waals surface area contributed by atoms with Gasteiger partial charge in [0.15, 0.2) is 0 Å². The number of benzene rings is 1. The average Bonchev–Trinajstić information content (AvgIpc) is 2.84. The molecule has 0 aliphatic carbocycles. The lowest BCUT2D eigenvalue weighted by molar-refractivity contribution is 0.0937. The molecule has 1 amide bonds. The van der Waals surface area contributed by atoms with Gasteiger partial charge in [0, 0.05) is 25.5 Å². The molecule has 0 aliphatic heterocycles. The summed E-state index contributed by atoms with van der Waals surface area (Å²) in [6, 6.07) is 7.71. The van der Waals surface area contributed by atoms with E-state index in [1.165, 1.54) is 18.2 Å². The molecule has 1 unspecified atom stereocenters. The van der Waals surface area contributed by atoms with E-state index < -0.39 is 17.8 Å². The Morgan fingerprint density at radius 2 is 2.19 bits per heavy atom. The minimum Gasteiger partial charge on any atom is -0.387 e. The Labute approximate surface area is 127 Å². The SMILES string of the molecule is Cn1cccc1C(O)CCNC(=O)c1c(F)cccc1Cl. The number of rotatable bonds is 5. The number of nitrogens with one attached hydrogen (secondary N) is 1. The Hall–Kier alpha value is -1.85. The molecule has 0 aliphatic rings. The smallest absolute Gasteiger partial charge is 0.255 e. The van der Waals surface area contributed by atoms with Gasteiger partial charge in [-0.15, -0.1) is 0 Å². The van der Waals surface area contributed by atoms with E-state index in [0.29, 0.717) is 6.42 Å². The zero-order valence-electron chi connectivity index (χ0n) is 11.5. The van der Waals surface area contributed by atoms with E-state index in [-0.39, 0.29) is 17.1 Å². The van der Waals surface area contributed by atoms with Crippen molar-refractivity contribution >= 4 is 17.5 Å². The van der Waals surface area contributed by atoms with E-state index in [2.05, 4.69) is 5.32 Å². The summed E-state index contributed by atoms with van der Waals surface area (Å²) in [7, 11) is 1.83. The molecule has 2 rings (SSSR count). The van der Waals surface area contributed by atoms with Gasteiger partial charge >= 0.3 is 0 Å². The van der Waals surface area contributed by atoms with Crippen molar-refractivity contribution in [2.45, 2.75) is 12.5 Å². The topological polar surface area (TPSA) is 54.3 Å². The molecular formula is C15H16ClFN2O2. The quantitative estimate of drug-likeness (QED) is 0.892. The number of carbonyl (C=O) groups is 1. The zero-order chi connectivity index (χ0) is 15.4. The van der Waals surface area contributed by atoms with Crippen molar-refractivity contribution in [3.8, 4) is 0 Å². The number of hydrogen-bond donors (Lipinski definition) is 2. The highest BCUT2D eigenvalue weighted by molar-refractivity contribution is 6.33. The first-order valence-electron chi connectivity index (χ1n) is 6.52. The van der Waals surface area contributed by atoms with Gasteiger partial charge in [-0.1, -0.05) is 17.7 Å². The van der Waals surface area contributed by atoms with Gasteiger partial charge in [-0.25, -0.2) is 4.39 Å². The van der Waals surface area contributed by atoms with Gasteiger partial charge in [0.2, 0.25) is 0 Å². The molecule has 0 saturated heterocycles. The second-order valence-electron chi connectivity index (χ2n) is 4.70. The third kappa shape index (κ3) is 3.62. The maximum absolute atomic E-state index is 13.6. The van der Waals surface area contributed by atoms with E-state index in [4.69, 9.17) is 11.6 Å². The molecule has 4 nitrogen and oxygen atoms in total. The van der Waals surface area contributed by atoms with Gasteiger partial charge in [-0.2, -0.15) is 0 Å². The lowest BCUT2D eigenvalue weighted by Crippen LogP contribution is -2.27. The third-order valence-corrected chi connectivity index (χ3v) is 3.53. The summed E-state index contributed by atoms with van der Waals surface area (Å²) in [5, 5.41) is 12.6. The molecule has 0 saturated carbocycles. The molecule has 1 aromatic heterocycles. The standard InChI is InChI=1S/C15H16ClFN2O2/c1-19-9-3-6-12(19)13(20)7-8-18-15(21)14-10(16)4-2-5-11(14)17/h2-6,9,13,20H,7-8H2,1H3,(H,18,21). The van der Waals surface area contributed by atoms with E-state index in [9.17, 15) is 14.3 Å². The molecule has 112 valence electrons.